The van der Waals surface area contributed by atoms with E-state index >= 15 is 0 Å². The molecule has 0 heterocycles. The quantitative estimate of drug-likeness (QED) is 0.334. The van der Waals surface area contributed by atoms with Crippen molar-refractivity contribution in [2.45, 2.75) is 0 Å². The van der Waals surface area contributed by atoms with Crippen LogP contribution in [0.2, 0.25) is 0 Å². The van der Waals surface area contributed by atoms with Crippen LogP contribution in [0, 0.1) is 0 Å². The van der Waals surface area contributed by atoms with Gasteiger partial charge >= 0.3 is 59.1 Å². The Kier molecular flexibility index (Phi) is 13.5. The van der Waals surface area contributed by atoms with Gasteiger partial charge in [-0.2, -0.15) is 0 Å². The van der Waals surface area contributed by atoms with Crippen LogP contribution in [0.4, 0.5) is 4.20 Å². The second-order valence-corrected chi connectivity index (χ2v) is 1.42. The summed E-state index contributed by atoms with van der Waals surface area (Å²) < 4.78 is 19.0. The van der Waals surface area contributed by atoms with Gasteiger partial charge in [-0.15, -0.1) is 4.20 Å². The van der Waals surface area contributed by atoms with Crippen LogP contribution in [0.25, 0.3) is 0 Å². The molecular formula is H8FO3PPbSn. The van der Waals surface area contributed by atoms with Crippen LogP contribution in [-0.4, -0.2) is 61.0 Å². The summed E-state index contributed by atoms with van der Waals surface area (Å²) in [7, 11) is -5.14. The molecule has 7 heavy (non-hydrogen) atoms. The van der Waals surface area contributed by atoms with Crippen molar-refractivity contribution in [2.75, 3.05) is 0 Å². The Morgan fingerprint density at radius 3 is 1.43 bits per heavy atom. The summed E-state index contributed by atoms with van der Waals surface area (Å²) in [5, 5.41) is 0. The number of hydrogen-bond donors (Lipinski definition) is 2. The zero-order chi connectivity index (χ0) is 4.50. The molecule has 0 aliphatic rings. The molecule has 0 aromatic rings. The van der Waals surface area contributed by atoms with Gasteiger partial charge in [0.2, 0.25) is 0 Å². The standard InChI is InChI=1S/FH2O3P.Pb.Sn.6H/c1-5(2,3)4;;;;;;;;/h(H2,2,3,4);;;;;;;;. The molecule has 0 saturated heterocycles. The first-order valence-electron chi connectivity index (χ1n) is 0.752. The summed E-state index contributed by atoms with van der Waals surface area (Å²) in [6.45, 7) is 0. The molecule has 0 amide bonds. The monoisotopic (exact) mass is 434 g/mol. The first-order valence-corrected chi connectivity index (χ1v) is 2.25. The maximum atomic E-state index is 10.4. The summed E-state index contributed by atoms with van der Waals surface area (Å²) in [5.41, 5.74) is 0. The Bertz CT molecular complexity index is 61.1. The fourth-order valence-corrected chi connectivity index (χ4v) is 0. The Balaban J connectivity index is -0.0000000800. The van der Waals surface area contributed by atoms with Gasteiger partial charge < -0.3 is 0 Å². The molecule has 0 spiro atoms. The molecule has 0 saturated carbocycles. The summed E-state index contributed by atoms with van der Waals surface area (Å²) in [6.07, 6.45) is 0. The van der Waals surface area contributed by atoms with Gasteiger partial charge in [-0.25, -0.2) is 4.57 Å². The Morgan fingerprint density at radius 1 is 1.43 bits per heavy atom. The Labute approximate surface area is 77.1 Å². The average Bonchev–Trinajstić information content (AvgIpc) is 0.722. The molecule has 2 N–H and O–H groups in total. The van der Waals surface area contributed by atoms with E-state index in [1.807, 2.05) is 0 Å². The summed E-state index contributed by atoms with van der Waals surface area (Å²) in [4.78, 5) is 13.9. The normalized spacial score (nSPS) is 8.43. The molecule has 0 unspecified atom stereocenters. The van der Waals surface area contributed by atoms with Crippen LogP contribution in [0.1, 0.15) is 0 Å². The minimum absolute atomic E-state index is 0. The summed E-state index contributed by atoms with van der Waals surface area (Å²) >= 11 is 0. The Morgan fingerprint density at radius 2 is 1.43 bits per heavy atom. The third-order valence-corrected chi connectivity index (χ3v) is 0. The second kappa shape index (κ2) is 5.93. The molecule has 2 radical (unpaired) electrons. The van der Waals surface area contributed by atoms with Gasteiger partial charge in [-0.1, -0.05) is 0 Å². The number of rotatable bonds is 0. The van der Waals surface area contributed by atoms with Crippen molar-refractivity contribution in [3.05, 3.63) is 0 Å². The topological polar surface area (TPSA) is 57.5 Å². The number of hydrogen-bond acceptors (Lipinski definition) is 1. The van der Waals surface area contributed by atoms with Crippen LogP contribution in [-0.2, 0) is 4.57 Å². The van der Waals surface area contributed by atoms with Crippen LogP contribution in [0.15, 0.2) is 0 Å². The van der Waals surface area contributed by atoms with E-state index in [2.05, 4.69) is 0 Å². The third-order valence-electron chi connectivity index (χ3n) is 0. The molecule has 46 valence electrons. The van der Waals surface area contributed by atoms with E-state index in [9.17, 15) is 4.20 Å². The maximum absolute atomic E-state index is 10.4. The van der Waals surface area contributed by atoms with Gasteiger partial charge in [0.1, 0.15) is 0 Å². The van der Waals surface area contributed by atoms with E-state index in [4.69, 9.17) is 14.4 Å². The zero-order valence-corrected chi connectivity index (χ0v) is 9.23. The van der Waals surface area contributed by atoms with E-state index in [-0.39, 0.29) is 51.2 Å². The van der Waals surface area contributed by atoms with E-state index in [1.54, 1.807) is 0 Å². The molecule has 0 fully saturated rings. The van der Waals surface area contributed by atoms with Gasteiger partial charge in [0, 0.05) is 0 Å². The molecule has 0 atom stereocenters. The molecule has 0 aromatic heterocycles. The molecule has 3 nitrogen and oxygen atoms in total. The predicted octanol–water partition coefficient (Wildman–Crippen LogP) is -2.32. The molecule has 0 aliphatic carbocycles. The van der Waals surface area contributed by atoms with Crippen molar-refractivity contribution in [1.82, 2.24) is 0 Å². The van der Waals surface area contributed by atoms with Gasteiger partial charge in [-0.05, 0) is 0 Å². The van der Waals surface area contributed by atoms with Gasteiger partial charge in [0.15, 0.2) is 0 Å². The molecule has 0 bridgehead atoms. The van der Waals surface area contributed by atoms with Crippen molar-refractivity contribution >= 4 is 59.1 Å². The summed E-state index contributed by atoms with van der Waals surface area (Å²) in [5.74, 6) is 0. The Hall–Kier alpha value is 1.80. The van der Waals surface area contributed by atoms with E-state index in [0.29, 0.717) is 0 Å². The van der Waals surface area contributed by atoms with E-state index in [1.165, 1.54) is 0 Å². The molecule has 0 rings (SSSR count). The molecule has 0 aromatic carbocycles. The van der Waals surface area contributed by atoms with Crippen molar-refractivity contribution in [2.24, 2.45) is 0 Å². The van der Waals surface area contributed by atoms with Gasteiger partial charge in [0.05, 0.1) is 0 Å². The van der Waals surface area contributed by atoms with E-state index < -0.39 is 7.91 Å². The SMILES string of the molecule is O=P(O)(O)F.[PbH2].[SnH4]. The van der Waals surface area contributed by atoms with Gasteiger partial charge in [0.25, 0.3) is 0 Å². The molecule has 0 aliphatic heterocycles. The first-order chi connectivity index (χ1) is 2.00. The third kappa shape index (κ3) is 80.9. The van der Waals surface area contributed by atoms with Crippen LogP contribution in [0.5, 0.6) is 0 Å². The van der Waals surface area contributed by atoms with Crippen molar-refractivity contribution in [1.29, 1.82) is 0 Å². The summed E-state index contributed by atoms with van der Waals surface area (Å²) in [6, 6.07) is 0. The fraction of sp³-hybridized carbons (Fsp3) is 0. The van der Waals surface area contributed by atoms with Crippen LogP contribution >= 0.6 is 7.91 Å². The zero-order valence-electron chi connectivity index (χ0n) is 2.83. The van der Waals surface area contributed by atoms with Crippen molar-refractivity contribution in [3.63, 3.8) is 0 Å². The van der Waals surface area contributed by atoms with Crippen molar-refractivity contribution < 1.29 is 18.5 Å². The van der Waals surface area contributed by atoms with Gasteiger partial charge in [-0.3, -0.25) is 9.79 Å². The molecular weight excluding hydrogens is 424 g/mol. The van der Waals surface area contributed by atoms with Crippen LogP contribution in [0.3, 0.4) is 0 Å². The molecule has 7 heteroatoms. The van der Waals surface area contributed by atoms with Crippen molar-refractivity contribution in [3.8, 4) is 0 Å². The fourth-order valence-electron chi connectivity index (χ4n) is 0. The second-order valence-electron chi connectivity index (χ2n) is 0.473. The van der Waals surface area contributed by atoms with Crippen LogP contribution < -0.4 is 0 Å². The number of halogens is 1. The first kappa shape index (κ1) is 15.9. The predicted molar refractivity (Wildman–Crippen MR) is 33.0 cm³/mol. The average molecular weight is 432 g/mol. The minimum atomic E-state index is -5.14. The van der Waals surface area contributed by atoms with E-state index in [0.717, 1.165) is 0 Å².